The first kappa shape index (κ1) is 34.0. The lowest BCUT2D eigenvalue weighted by Crippen LogP contribution is -2.23. The molecule has 40 heavy (non-hydrogen) atoms. The molecular formula is C31H37ClN2O6. The van der Waals surface area contributed by atoms with E-state index in [0.717, 1.165) is 22.4 Å². The number of nitriles is 1. The van der Waals surface area contributed by atoms with E-state index in [2.05, 4.69) is 0 Å². The van der Waals surface area contributed by atoms with E-state index in [-0.39, 0.29) is 36.5 Å². The summed E-state index contributed by atoms with van der Waals surface area (Å²) in [5.41, 5.74) is 8.46. The van der Waals surface area contributed by atoms with Crippen LogP contribution in [0.1, 0.15) is 36.5 Å². The fourth-order valence-electron chi connectivity index (χ4n) is 3.79. The number of esters is 1. The van der Waals surface area contributed by atoms with Gasteiger partial charge in [0, 0.05) is 6.42 Å². The zero-order chi connectivity index (χ0) is 28.5. The van der Waals surface area contributed by atoms with Gasteiger partial charge in [0.05, 0.1) is 24.5 Å². The minimum Gasteiger partial charge on any atom is -0.508 e. The molecule has 3 rings (SSSR count). The molecule has 8 nitrogen and oxygen atoms in total. The number of phenols is 1. The summed E-state index contributed by atoms with van der Waals surface area (Å²) in [6.07, 6.45) is 1.57. The van der Waals surface area contributed by atoms with E-state index in [1.165, 1.54) is 0 Å². The van der Waals surface area contributed by atoms with Crippen molar-refractivity contribution < 1.29 is 29.3 Å². The molecule has 0 aliphatic rings. The van der Waals surface area contributed by atoms with Crippen molar-refractivity contribution in [2.45, 2.75) is 39.2 Å². The number of carbonyl (C=O) groups excluding carboxylic acids is 1. The van der Waals surface area contributed by atoms with E-state index in [4.69, 9.17) is 25.6 Å². The highest BCUT2D eigenvalue weighted by Crippen LogP contribution is 2.19. The van der Waals surface area contributed by atoms with Gasteiger partial charge in [-0.3, -0.25) is 9.59 Å². The first-order chi connectivity index (χ1) is 18.9. The Morgan fingerprint density at radius 2 is 1.48 bits per heavy atom. The zero-order valence-electron chi connectivity index (χ0n) is 22.6. The maximum atomic E-state index is 11.7. The molecule has 3 aromatic carbocycles. The first-order valence-electron chi connectivity index (χ1n) is 12.9. The topological polar surface area (TPSA) is 143 Å². The van der Waals surface area contributed by atoms with Gasteiger partial charge in [0.2, 0.25) is 0 Å². The lowest BCUT2D eigenvalue weighted by molar-refractivity contribution is -0.148. The van der Waals surface area contributed by atoms with Crippen molar-refractivity contribution in [2.24, 2.45) is 17.6 Å². The van der Waals surface area contributed by atoms with Gasteiger partial charge in [-0.15, -0.1) is 12.4 Å². The van der Waals surface area contributed by atoms with Gasteiger partial charge in [0.25, 0.3) is 0 Å². The zero-order valence-corrected chi connectivity index (χ0v) is 23.4. The van der Waals surface area contributed by atoms with Crippen LogP contribution in [0.15, 0.2) is 78.9 Å². The molecule has 0 spiro atoms. The number of aromatic hydroxyl groups is 1. The highest BCUT2D eigenvalue weighted by atomic mass is 35.5. The van der Waals surface area contributed by atoms with E-state index in [0.29, 0.717) is 39.0 Å². The van der Waals surface area contributed by atoms with Crippen molar-refractivity contribution in [3.8, 4) is 17.6 Å². The second-order valence-electron chi connectivity index (χ2n) is 8.92. The number of nitrogens with two attached hydrogens (primary N) is 1. The molecule has 0 heterocycles. The Labute approximate surface area is 241 Å². The summed E-state index contributed by atoms with van der Waals surface area (Å²) < 4.78 is 10.7. The number of carbonyl (C=O) groups is 2. The van der Waals surface area contributed by atoms with Crippen molar-refractivity contribution in [3.63, 3.8) is 0 Å². The highest BCUT2D eigenvalue weighted by Gasteiger charge is 2.19. The molecule has 0 radical (unpaired) electrons. The molecule has 0 aromatic heterocycles. The van der Waals surface area contributed by atoms with Gasteiger partial charge >= 0.3 is 11.9 Å². The Balaban J connectivity index is 0.000000403. The van der Waals surface area contributed by atoms with Crippen molar-refractivity contribution >= 4 is 24.3 Å². The fraction of sp³-hybridized carbons (Fsp3) is 0.323. The Morgan fingerprint density at radius 1 is 0.900 bits per heavy atom. The molecule has 0 unspecified atom stereocenters. The average Bonchev–Trinajstić information content (AvgIpc) is 2.94. The van der Waals surface area contributed by atoms with Crippen LogP contribution >= 0.6 is 12.4 Å². The minimum absolute atomic E-state index is 0. The molecule has 214 valence electrons. The highest BCUT2D eigenvalue weighted by molar-refractivity contribution is 5.85. The van der Waals surface area contributed by atoms with E-state index in [1.807, 2.05) is 60.7 Å². The van der Waals surface area contributed by atoms with Crippen LogP contribution in [0.25, 0.3) is 0 Å². The molecule has 0 bridgehead atoms. The number of rotatable bonds is 13. The van der Waals surface area contributed by atoms with Gasteiger partial charge in [-0.05, 0) is 73.7 Å². The number of aliphatic carboxylic acids is 1. The fourth-order valence-corrected chi connectivity index (χ4v) is 3.79. The molecule has 2 atom stereocenters. The van der Waals surface area contributed by atoms with Crippen LogP contribution in [0.3, 0.4) is 0 Å². The van der Waals surface area contributed by atoms with Crippen LogP contribution in [0, 0.1) is 23.2 Å². The number of phenolic OH excluding ortho intramolecular Hbond substituents is 1. The van der Waals surface area contributed by atoms with Gasteiger partial charge in [0.1, 0.15) is 18.1 Å². The van der Waals surface area contributed by atoms with E-state index in [1.54, 1.807) is 31.2 Å². The largest absolute Gasteiger partial charge is 0.508 e. The molecule has 0 amide bonds. The van der Waals surface area contributed by atoms with Crippen LogP contribution in [-0.4, -0.2) is 35.3 Å². The number of hydrogen-bond donors (Lipinski definition) is 3. The van der Waals surface area contributed by atoms with Gasteiger partial charge in [-0.25, -0.2) is 0 Å². The Hall–Kier alpha value is -4.06. The van der Waals surface area contributed by atoms with Crippen LogP contribution < -0.4 is 10.5 Å². The normalized spacial score (nSPS) is 11.4. The minimum atomic E-state index is -0.939. The first-order valence-corrected chi connectivity index (χ1v) is 12.9. The average molecular weight is 569 g/mol. The van der Waals surface area contributed by atoms with Gasteiger partial charge in [0.15, 0.2) is 0 Å². The summed E-state index contributed by atoms with van der Waals surface area (Å²) in [5.74, 6) is -1.05. The summed E-state index contributed by atoms with van der Waals surface area (Å²) >= 11 is 0. The summed E-state index contributed by atoms with van der Waals surface area (Å²) in [5, 5.41) is 26.9. The van der Waals surface area contributed by atoms with Crippen LogP contribution in [0.2, 0.25) is 0 Å². The molecule has 0 aliphatic heterocycles. The van der Waals surface area contributed by atoms with Crippen molar-refractivity contribution in [1.29, 1.82) is 5.26 Å². The second kappa shape index (κ2) is 19.1. The van der Waals surface area contributed by atoms with E-state index >= 15 is 0 Å². The number of benzene rings is 3. The standard InChI is InChI=1S/C18H17NO3.C13H19NO3.ClH/c19-11-10-16(18(20)21)12-14-6-8-17(9-7-14)22-13-15-4-2-1-3-5-15;1-2-17-13(16)11(7-8-14)9-10-3-5-12(15)6-4-10;/h1-9,16H,10,12-13H2,(H,20,21);3-6,11,15H,2,7-9,14H2,1H3;1H/t16-;11-;/m11./s1. The summed E-state index contributed by atoms with van der Waals surface area (Å²) in [6, 6.07) is 25.9. The molecular weight excluding hydrogens is 532 g/mol. The number of carboxylic acids is 1. The number of carboxylic acid groups (broad SMARTS) is 1. The third-order valence-electron chi connectivity index (χ3n) is 5.89. The third kappa shape index (κ3) is 12.7. The number of hydrogen-bond acceptors (Lipinski definition) is 7. The van der Waals surface area contributed by atoms with E-state index in [9.17, 15) is 14.7 Å². The molecule has 3 aromatic rings. The summed E-state index contributed by atoms with van der Waals surface area (Å²) in [6.45, 7) is 3.13. The number of halogens is 1. The van der Waals surface area contributed by atoms with Gasteiger partial charge < -0.3 is 25.4 Å². The smallest absolute Gasteiger partial charge is 0.309 e. The molecule has 9 heteroatoms. The van der Waals surface area contributed by atoms with Crippen LogP contribution in [0.5, 0.6) is 11.5 Å². The van der Waals surface area contributed by atoms with Gasteiger partial charge in [-0.2, -0.15) is 5.26 Å². The van der Waals surface area contributed by atoms with Crippen LogP contribution in [0.4, 0.5) is 0 Å². The summed E-state index contributed by atoms with van der Waals surface area (Å²) in [4.78, 5) is 22.7. The quantitative estimate of drug-likeness (QED) is 0.235. The SMILES string of the molecule is CCOC(=O)[C@H](CCN)Cc1ccc(O)cc1.Cl.N#CC[C@H](Cc1ccc(OCc2ccccc2)cc1)C(=O)O. The monoisotopic (exact) mass is 568 g/mol. The lowest BCUT2D eigenvalue weighted by atomic mass is 9.96. The van der Waals surface area contributed by atoms with Crippen molar-refractivity contribution in [3.05, 3.63) is 95.6 Å². The third-order valence-corrected chi connectivity index (χ3v) is 5.89. The molecule has 0 saturated heterocycles. The maximum Gasteiger partial charge on any atom is 0.309 e. The Morgan fingerprint density at radius 3 is 2.00 bits per heavy atom. The van der Waals surface area contributed by atoms with E-state index < -0.39 is 11.9 Å². The number of nitrogens with zero attached hydrogens (tertiary/aromatic N) is 1. The molecule has 0 fully saturated rings. The van der Waals surface area contributed by atoms with Gasteiger partial charge in [-0.1, -0.05) is 54.6 Å². The lowest BCUT2D eigenvalue weighted by Gasteiger charge is -2.14. The molecule has 4 N–H and O–H groups in total. The molecule has 0 aliphatic carbocycles. The molecule has 0 saturated carbocycles. The maximum absolute atomic E-state index is 11.7. The predicted molar refractivity (Wildman–Crippen MR) is 155 cm³/mol. The number of ether oxygens (including phenoxy) is 2. The second-order valence-corrected chi connectivity index (χ2v) is 8.92. The Bertz CT molecular complexity index is 1180. The van der Waals surface area contributed by atoms with Crippen LogP contribution in [-0.2, 0) is 33.8 Å². The Kier molecular flexibility index (Phi) is 16.2. The predicted octanol–water partition coefficient (Wildman–Crippen LogP) is 5.31. The van der Waals surface area contributed by atoms with Crippen molar-refractivity contribution in [2.75, 3.05) is 13.2 Å². The van der Waals surface area contributed by atoms with Crippen molar-refractivity contribution in [1.82, 2.24) is 0 Å². The summed E-state index contributed by atoms with van der Waals surface area (Å²) in [7, 11) is 0.